The molecule has 2 aliphatic rings. The van der Waals surface area contributed by atoms with Crippen molar-refractivity contribution in [3.63, 3.8) is 0 Å². The third kappa shape index (κ3) is 2.13. The van der Waals surface area contributed by atoms with Gasteiger partial charge in [-0.05, 0) is 12.8 Å². The van der Waals surface area contributed by atoms with Crippen molar-refractivity contribution < 1.29 is 15.3 Å². The van der Waals surface area contributed by atoms with E-state index in [4.69, 9.17) is 0 Å². The van der Waals surface area contributed by atoms with Crippen molar-refractivity contribution in [2.45, 2.75) is 31.1 Å². The molecule has 0 unspecified atom stereocenters. The Morgan fingerprint density at radius 1 is 1.37 bits per heavy atom. The Balaban J connectivity index is 1.90. The molecule has 2 heterocycles. The molecule has 19 heavy (non-hydrogen) atoms. The zero-order valence-electron chi connectivity index (χ0n) is 10.5. The van der Waals surface area contributed by atoms with Crippen molar-refractivity contribution in [3.8, 4) is 0 Å². The highest BCUT2D eigenvalue weighted by molar-refractivity contribution is 5.62. The van der Waals surface area contributed by atoms with Gasteiger partial charge in [0.25, 0.3) is 0 Å². The van der Waals surface area contributed by atoms with Crippen molar-refractivity contribution in [1.29, 1.82) is 0 Å². The maximum Gasteiger partial charge on any atom is 0.160 e. The number of aliphatic imine (C=N–C) groups is 1. The number of nitrogens with one attached hydrogen (secondary N) is 1. The highest BCUT2D eigenvalue weighted by Crippen LogP contribution is 2.39. The van der Waals surface area contributed by atoms with Crippen LogP contribution in [-0.2, 0) is 0 Å². The van der Waals surface area contributed by atoms with Crippen LogP contribution in [-0.4, -0.2) is 50.5 Å². The van der Waals surface area contributed by atoms with E-state index in [1.807, 2.05) is 4.57 Å². The second-order valence-corrected chi connectivity index (χ2v) is 5.18. The monoisotopic (exact) mass is 266 g/mol. The van der Waals surface area contributed by atoms with Crippen LogP contribution in [0.5, 0.6) is 0 Å². The maximum atomic E-state index is 9.94. The van der Waals surface area contributed by atoms with Gasteiger partial charge in [0.15, 0.2) is 5.82 Å². The van der Waals surface area contributed by atoms with Crippen LogP contribution < -0.4 is 5.32 Å². The first kappa shape index (κ1) is 12.6. The van der Waals surface area contributed by atoms with Crippen LogP contribution in [0.4, 0.5) is 5.82 Å². The quantitative estimate of drug-likeness (QED) is 0.577. The molecular weight excluding hydrogens is 248 g/mol. The summed E-state index contributed by atoms with van der Waals surface area (Å²) in [5, 5.41) is 31.9. The number of nitrogens with zero attached hydrogens (tertiary/aromatic N) is 3. The molecule has 104 valence electrons. The fourth-order valence-electron chi connectivity index (χ4n) is 2.87. The molecule has 4 atom stereocenters. The van der Waals surface area contributed by atoms with Crippen LogP contribution in [0.2, 0.25) is 0 Å². The molecule has 0 radical (unpaired) electrons. The minimum absolute atomic E-state index is 0.0119. The van der Waals surface area contributed by atoms with Gasteiger partial charge >= 0.3 is 0 Å². The van der Waals surface area contributed by atoms with Gasteiger partial charge < -0.3 is 25.2 Å². The predicted molar refractivity (Wildman–Crippen MR) is 68.2 cm³/mol. The Morgan fingerprint density at radius 3 is 2.95 bits per heavy atom. The highest BCUT2D eigenvalue weighted by atomic mass is 16.3. The van der Waals surface area contributed by atoms with Crippen LogP contribution in [0, 0.1) is 5.92 Å². The normalized spacial score (nSPS) is 33.8. The lowest BCUT2D eigenvalue weighted by Gasteiger charge is -2.13. The topological polar surface area (TPSA) is 103 Å². The third-order valence-corrected chi connectivity index (χ3v) is 3.96. The van der Waals surface area contributed by atoms with E-state index in [2.05, 4.69) is 15.3 Å². The first-order valence-corrected chi connectivity index (χ1v) is 6.50. The minimum atomic E-state index is -0.682. The van der Waals surface area contributed by atoms with Crippen molar-refractivity contribution in [1.82, 2.24) is 14.9 Å². The second kappa shape index (κ2) is 4.92. The van der Waals surface area contributed by atoms with Gasteiger partial charge in [-0.25, -0.2) is 9.98 Å². The smallest absolute Gasteiger partial charge is 0.160 e. The van der Waals surface area contributed by atoms with Crippen LogP contribution in [0.3, 0.4) is 0 Å². The summed E-state index contributed by atoms with van der Waals surface area (Å²) in [7, 11) is 0. The third-order valence-electron chi connectivity index (χ3n) is 3.96. The van der Waals surface area contributed by atoms with E-state index in [0.29, 0.717) is 30.9 Å². The summed E-state index contributed by atoms with van der Waals surface area (Å²) < 4.78 is 1.89. The van der Waals surface area contributed by atoms with E-state index in [-0.39, 0.29) is 18.6 Å². The molecule has 7 heteroatoms. The number of hydrogen-bond acceptors (Lipinski definition) is 6. The van der Waals surface area contributed by atoms with E-state index >= 15 is 0 Å². The van der Waals surface area contributed by atoms with E-state index in [0.717, 1.165) is 0 Å². The summed E-state index contributed by atoms with van der Waals surface area (Å²) in [5.74, 6) is 0.536. The molecule has 0 spiro atoms. The number of β-amino-alcohol motifs (C(OH)–C–C–N with tert-alkyl or cyclic N) is 1. The number of aliphatic hydroxyl groups is 3. The van der Waals surface area contributed by atoms with Gasteiger partial charge in [-0.2, -0.15) is 0 Å². The molecule has 4 N–H and O–H groups in total. The molecule has 1 aromatic rings. The number of aromatic nitrogens is 2. The van der Waals surface area contributed by atoms with Crippen LogP contribution in [0.25, 0.3) is 0 Å². The van der Waals surface area contributed by atoms with Crippen molar-refractivity contribution in [2.75, 3.05) is 13.2 Å². The first-order valence-electron chi connectivity index (χ1n) is 6.50. The number of rotatable bonds is 2. The van der Waals surface area contributed by atoms with Crippen molar-refractivity contribution in [3.05, 3.63) is 12.0 Å². The summed E-state index contributed by atoms with van der Waals surface area (Å²) in [6.45, 7) is 0.377. The Labute approximate surface area is 110 Å². The van der Waals surface area contributed by atoms with Gasteiger partial charge in [-0.15, -0.1) is 0 Å². The summed E-state index contributed by atoms with van der Waals surface area (Å²) in [5.41, 5.74) is 0.559. The standard InChI is InChI=1S/C12H18N4O3/c17-4-7-1-8(2-9(7)18)16-6-15-11-10(19)3-13-5-14-12(11)16/h5-10,17-19H,1-4H2,(H,13,14)/t7-,8-,9+,10-/m1/s1. The summed E-state index contributed by atoms with van der Waals surface area (Å²) in [4.78, 5) is 8.51. The van der Waals surface area contributed by atoms with Gasteiger partial charge in [0.2, 0.25) is 0 Å². The molecule has 1 fully saturated rings. The lowest BCUT2D eigenvalue weighted by Crippen LogP contribution is -2.17. The van der Waals surface area contributed by atoms with E-state index in [9.17, 15) is 15.3 Å². The van der Waals surface area contributed by atoms with E-state index in [1.54, 1.807) is 12.7 Å². The average Bonchev–Trinajstić information content (AvgIpc) is 2.93. The van der Waals surface area contributed by atoms with Gasteiger partial charge in [0.05, 0.1) is 18.8 Å². The van der Waals surface area contributed by atoms with E-state index in [1.165, 1.54) is 0 Å². The lowest BCUT2D eigenvalue weighted by atomic mass is 10.1. The maximum absolute atomic E-state index is 9.94. The molecule has 0 amide bonds. The van der Waals surface area contributed by atoms with Gasteiger partial charge in [0, 0.05) is 25.1 Å². The van der Waals surface area contributed by atoms with Gasteiger partial charge in [-0.1, -0.05) is 0 Å². The molecule has 3 rings (SSSR count). The Kier molecular flexibility index (Phi) is 3.26. The summed E-state index contributed by atoms with van der Waals surface area (Å²) in [6.07, 6.45) is 3.31. The number of hydrogen-bond donors (Lipinski definition) is 4. The fraction of sp³-hybridized carbons (Fsp3) is 0.667. The average molecular weight is 266 g/mol. The van der Waals surface area contributed by atoms with Crippen LogP contribution >= 0.6 is 0 Å². The van der Waals surface area contributed by atoms with E-state index < -0.39 is 12.2 Å². The molecule has 1 aromatic heterocycles. The molecule has 1 aliphatic carbocycles. The Morgan fingerprint density at radius 2 is 2.21 bits per heavy atom. The summed E-state index contributed by atoms with van der Waals surface area (Å²) >= 11 is 0. The van der Waals surface area contributed by atoms with Crippen LogP contribution in [0.1, 0.15) is 30.7 Å². The molecule has 0 bridgehead atoms. The zero-order valence-corrected chi connectivity index (χ0v) is 10.5. The highest BCUT2D eigenvalue weighted by Gasteiger charge is 2.35. The molecule has 1 saturated carbocycles. The second-order valence-electron chi connectivity index (χ2n) is 5.18. The fourth-order valence-corrected chi connectivity index (χ4v) is 2.87. The molecule has 0 saturated heterocycles. The molecule has 0 aromatic carbocycles. The van der Waals surface area contributed by atoms with Gasteiger partial charge in [0.1, 0.15) is 11.8 Å². The Bertz CT molecular complexity index is 487. The predicted octanol–water partition coefficient (Wildman–Crippen LogP) is -0.516. The minimum Gasteiger partial charge on any atom is -0.396 e. The SMILES string of the molecule is OC[C@H]1C[C@@H](n2cnc3c2N=CNC[C@H]3O)C[C@@H]1O. The largest absolute Gasteiger partial charge is 0.396 e. The Hall–Kier alpha value is -1.44. The lowest BCUT2D eigenvalue weighted by molar-refractivity contribution is 0.0906. The summed E-state index contributed by atoms with van der Waals surface area (Å²) in [6, 6.07) is 0.0610. The van der Waals surface area contributed by atoms with Crippen LogP contribution in [0.15, 0.2) is 11.3 Å². The number of imidazole rings is 1. The van der Waals surface area contributed by atoms with Crippen molar-refractivity contribution >= 4 is 12.2 Å². The zero-order chi connectivity index (χ0) is 13.4. The molecular formula is C12H18N4O3. The molecule has 7 nitrogen and oxygen atoms in total. The van der Waals surface area contributed by atoms with Gasteiger partial charge in [-0.3, -0.25) is 0 Å². The first-order chi connectivity index (χ1) is 9.20. The number of aliphatic hydroxyl groups excluding tert-OH is 3. The number of fused-ring (bicyclic) bond motifs is 1. The molecule has 1 aliphatic heterocycles. The van der Waals surface area contributed by atoms with Crippen molar-refractivity contribution in [2.24, 2.45) is 10.9 Å².